The smallest absolute Gasteiger partial charge is 0.325 e. The van der Waals surface area contributed by atoms with Crippen LogP contribution in [-0.2, 0) is 9.53 Å². The second-order valence-electron chi connectivity index (χ2n) is 4.90. The average molecular weight is 266 g/mol. The van der Waals surface area contributed by atoms with Crippen molar-refractivity contribution in [2.24, 2.45) is 11.7 Å². The Morgan fingerprint density at radius 1 is 1.29 bits per heavy atom. The van der Waals surface area contributed by atoms with E-state index in [-0.39, 0.29) is 24.4 Å². The van der Waals surface area contributed by atoms with Gasteiger partial charge >= 0.3 is 5.97 Å². The van der Waals surface area contributed by atoms with Gasteiger partial charge in [0, 0.05) is 0 Å². The Hall–Kier alpha value is -0.320. The summed E-state index contributed by atoms with van der Waals surface area (Å²) in [6, 6.07) is -0.898. The molecule has 0 saturated heterocycles. The fraction of sp³-hybridized carbons (Fsp3) is 0.917. The number of aliphatic hydroxyl groups excluding tert-OH is 1. The normalized spacial score (nSPS) is 20.5. The molecule has 0 heterocycles. The number of halogens is 1. The maximum absolute atomic E-state index is 11.5. The van der Waals surface area contributed by atoms with Crippen LogP contribution in [0, 0.1) is 5.92 Å². The molecular formula is C12H24ClNO3. The van der Waals surface area contributed by atoms with Gasteiger partial charge in [0.2, 0.25) is 0 Å². The molecule has 5 heteroatoms. The number of rotatable bonds is 4. The maximum atomic E-state index is 11.5. The Labute approximate surface area is 109 Å². The topological polar surface area (TPSA) is 72.5 Å². The van der Waals surface area contributed by atoms with Gasteiger partial charge < -0.3 is 15.6 Å². The molecule has 4 nitrogen and oxygen atoms in total. The minimum atomic E-state index is -0.898. The highest BCUT2D eigenvalue weighted by molar-refractivity contribution is 5.85. The van der Waals surface area contributed by atoms with Crippen molar-refractivity contribution in [2.75, 3.05) is 0 Å². The first-order chi connectivity index (χ1) is 7.52. The zero-order valence-electron chi connectivity index (χ0n) is 10.6. The van der Waals surface area contributed by atoms with Crippen LogP contribution in [0.5, 0.6) is 0 Å². The largest absolute Gasteiger partial charge is 0.462 e. The maximum Gasteiger partial charge on any atom is 0.325 e. The van der Waals surface area contributed by atoms with Gasteiger partial charge in [-0.3, -0.25) is 4.79 Å². The van der Waals surface area contributed by atoms with Crippen LogP contribution in [-0.4, -0.2) is 29.3 Å². The van der Waals surface area contributed by atoms with Crippen molar-refractivity contribution >= 4 is 18.4 Å². The van der Waals surface area contributed by atoms with Gasteiger partial charge in [-0.05, 0) is 32.6 Å². The van der Waals surface area contributed by atoms with Crippen LogP contribution in [0.15, 0.2) is 0 Å². The van der Waals surface area contributed by atoms with Gasteiger partial charge in [0.1, 0.15) is 6.04 Å². The molecule has 17 heavy (non-hydrogen) atoms. The first-order valence-electron chi connectivity index (χ1n) is 6.16. The molecule has 0 bridgehead atoms. The summed E-state index contributed by atoms with van der Waals surface area (Å²) in [5.74, 6) is -0.337. The van der Waals surface area contributed by atoms with E-state index in [9.17, 15) is 9.90 Å². The van der Waals surface area contributed by atoms with Crippen molar-refractivity contribution in [2.45, 2.75) is 64.2 Å². The minimum Gasteiger partial charge on any atom is -0.462 e. The molecule has 0 aromatic heterocycles. The van der Waals surface area contributed by atoms with Crippen LogP contribution in [0.2, 0.25) is 0 Å². The van der Waals surface area contributed by atoms with Crippen molar-refractivity contribution in [3.05, 3.63) is 0 Å². The Kier molecular flexibility index (Phi) is 7.75. The first-order valence-corrected chi connectivity index (χ1v) is 6.16. The van der Waals surface area contributed by atoms with Gasteiger partial charge in [-0.25, -0.2) is 0 Å². The van der Waals surface area contributed by atoms with E-state index >= 15 is 0 Å². The summed E-state index contributed by atoms with van der Waals surface area (Å²) >= 11 is 0. The highest BCUT2D eigenvalue weighted by Crippen LogP contribution is 2.27. The summed E-state index contributed by atoms with van der Waals surface area (Å²) in [6.07, 6.45) is 4.44. The highest BCUT2D eigenvalue weighted by Gasteiger charge is 2.32. The van der Waals surface area contributed by atoms with Crippen LogP contribution in [0.4, 0.5) is 0 Å². The van der Waals surface area contributed by atoms with Crippen LogP contribution >= 0.6 is 12.4 Å². The molecule has 1 aliphatic carbocycles. The molecule has 0 spiro atoms. The third-order valence-electron chi connectivity index (χ3n) is 3.12. The lowest BCUT2D eigenvalue weighted by Gasteiger charge is -2.29. The number of ether oxygens (including phenoxy) is 1. The second-order valence-corrected chi connectivity index (χ2v) is 4.90. The molecule has 0 unspecified atom stereocenters. The molecule has 102 valence electrons. The molecule has 0 aliphatic heterocycles. The monoisotopic (exact) mass is 265 g/mol. The third kappa shape index (κ3) is 5.23. The van der Waals surface area contributed by atoms with Crippen molar-refractivity contribution < 1.29 is 14.6 Å². The van der Waals surface area contributed by atoms with Crippen molar-refractivity contribution in [1.82, 2.24) is 0 Å². The summed E-state index contributed by atoms with van der Waals surface area (Å²) in [4.78, 5) is 11.5. The molecule has 2 atom stereocenters. The predicted molar refractivity (Wildman–Crippen MR) is 69.0 cm³/mol. The minimum absolute atomic E-state index is 0. The Bertz CT molecular complexity index is 230. The van der Waals surface area contributed by atoms with Gasteiger partial charge in [0.15, 0.2) is 0 Å². The summed E-state index contributed by atoms with van der Waals surface area (Å²) < 4.78 is 5.00. The lowest BCUT2D eigenvalue weighted by atomic mass is 9.83. The number of carbonyl (C=O) groups is 1. The lowest BCUT2D eigenvalue weighted by Crippen LogP contribution is -2.47. The fourth-order valence-corrected chi connectivity index (χ4v) is 2.22. The zero-order chi connectivity index (χ0) is 12.1. The van der Waals surface area contributed by atoms with Crippen LogP contribution in [0.25, 0.3) is 0 Å². The second kappa shape index (κ2) is 7.90. The molecule has 3 N–H and O–H groups in total. The molecule has 0 aromatic carbocycles. The lowest BCUT2D eigenvalue weighted by molar-refractivity contribution is -0.153. The summed E-state index contributed by atoms with van der Waals surface area (Å²) in [7, 11) is 0. The van der Waals surface area contributed by atoms with E-state index in [1.807, 2.05) is 0 Å². The van der Waals surface area contributed by atoms with E-state index < -0.39 is 18.1 Å². The number of esters is 1. The van der Waals surface area contributed by atoms with Crippen LogP contribution < -0.4 is 5.73 Å². The number of carbonyl (C=O) groups excluding carboxylic acids is 1. The molecule has 1 rings (SSSR count). The van der Waals surface area contributed by atoms with Crippen LogP contribution in [0.1, 0.15) is 46.0 Å². The van der Waals surface area contributed by atoms with Gasteiger partial charge in [-0.15, -0.1) is 12.4 Å². The van der Waals surface area contributed by atoms with E-state index in [1.54, 1.807) is 13.8 Å². The quantitative estimate of drug-likeness (QED) is 0.758. The molecule has 1 saturated carbocycles. The van der Waals surface area contributed by atoms with E-state index in [0.29, 0.717) is 0 Å². The van der Waals surface area contributed by atoms with Crippen molar-refractivity contribution in [3.63, 3.8) is 0 Å². The number of hydrogen-bond acceptors (Lipinski definition) is 4. The zero-order valence-corrected chi connectivity index (χ0v) is 11.4. The Morgan fingerprint density at radius 3 is 2.29 bits per heavy atom. The Morgan fingerprint density at radius 2 is 1.82 bits per heavy atom. The summed E-state index contributed by atoms with van der Waals surface area (Å²) in [5.41, 5.74) is 5.72. The Balaban J connectivity index is 0.00000256. The third-order valence-corrected chi connectivity index (χ3v) is 3.12. The first kappa shape index (κ1) is 16.7. The van der Waals surface area contributed by atoms with Gasteiger partial charge in [-0.1, -0.05) is 19.3 Å². The number of aliphatic hydroxyl groups is 1. The van der Waals surface area contributed by atoms with E-state index in [2.05, 4.69) is 0 Å². The molecule has 0 amide bonds. The number of hydrogen-bond donors (Lipinski definition) is 2. The van der Waals surface area contributed by atoms with Crippen molar-refractivity contribution in [1.29, 1.82) is 0 Å². The SMILES string of the molecule is CC(C)OC(=O)[C@@H](N)[C@@H](O)C1CCCCC1.Cl. The molecule has 0 radical (unpaired) electrons. The molecule has 1 aliphatic rings. The molecule has 0 aromatic rings. The van der Waals surface area contributed by atoms with Crippen LogP contribution in [0.3, 0.4) is 0 Å². The van der Waals surface area contributed by atoms with E-state index in [1.165, 1.54) is 6.42 Å². The highest BCUT2D eigenvalue weighted by atomic mass is 35.5. The summed E-state index contributed by atoms with van der Waals surface area (Å²) in [6.45, 7) is 3.55. The molecular weight excluding hydrogens is 242 g/mol. The van der Waals surface area contributed by atoms with E-state index in [4.69, 9.17) is 10.5 Å². The number of nitrogens with two attached hydrogens (primary N) is 1. The fourth-order valence-electron chi connectivity index (χ4n) is 2.22. The predicted octanol–water partition coefficient (Wildman–Crippen LogP) is 1.63. The summed E-state index contributed by atoms with van der Waals surface area (Å²) in [5, 5.41) is 10.00. The standard InChI is InChI=1S/C12H23NO3.ClH/c1-8(2)16-12(15)10(13)11(14)9-6-4-3-5-7-9;/h8-11,14H,3-7,13H2,1-2H3;1H/t10-,11-;/m0./s1. The van der Waals surface area contributed by atoms with Gasteiger partial charge in [0.05, 0.1) is 12.2 Å². The molecule has 1 fully saturated rings. The average Bonchev–Trinajstić information content (AvgIpc) is 2.27. The van der Waals surface area contributed by atoms with Gasteiger partial charge in [-0.2, -0.15) is 0 Å². The van der Waals surface area contributed by atoms with Crippen molar-refractivity contribution in [3.8, 4) is 0 Å². The van der Waals surface area contributed by atoms with Gasteiger partial charge in [0.25, 0.3) is 0 Å². The van der Waals surface area contributed by atoms with E-state index in [0.717, 1.165) is 25.7 Å².